The van der Waals surface area contributed by atoms with Gasteiger partial charge in [-0.1, -0.05) is 26.3 Å². The van der Waals surface area contributed by atoms with Gasteiger partial charge in [-0.3, -0.25) is 0 Å². The van der Waals surface area contributed by atoms with E-state index in [-0.39, 0.29) is 5.41 Å². The summed E-state index contributed by atoms with van der Waals surface area (Å²) in [5.74, 6) is 0. The van der Waals surface area contributed by atoms with Gasteiger partial charge in [0, 0.05) is 16.3 Å². The van der Waals surface area contributed by atoms with Crippen LogP contribution < -0.4 is 5.32 Å². The van der Waals surface area contributed by atoms with Gasteiger partial charge in [0.05, 0.1) is 0 Å². The van der Waals surface area contributed by atoms with Gasteiger partial charge in [0.2, 0.25) is 0 Å². The van der Waals surface area contributed by atoms with Crippen LogP contribution in [0.1, 0.15) is 37.4 Å². The molecule has 1 N–H and O–H groups in total. The molecule has 0 spiro atoms. The van der Waals surface area contributed by atoms with Crippen LogP contribution in [0.3, 0.4) is 0 Å². The average Bonchev–Trinajstić information content (AvgIpc) is 2.52. The molecule has 1 nitrogen and oxygen atoms in total. The van der Waals surface area contributed by atoms with Crippen LogP contribution in [0.5, 0.6) is 0 Å². The molecule has 15 heavy (non-hydrogen) atoms. The highest BCUT2D eigenvalue weighted by Gasteiger charge is 2.15. The largest absolute Gasteiger partial charge is 0.316 e. The summed E-state index contributed by atoms with van der Waals surface area (Å²) in [7, 11) is 1.98. The van der Waals surface area contributed by atoms with Crippen LogP contribution in [0.4, 0.5) is 0 Å². The van der Waals surface area contributed by atoms with Crippen LogP contribution in [-0.2, 0) is 5.41 Å². The lowest BCUT2D eigenvalue weighted by Crippen LogP contribution is -2.08. The lowest BCUT2D eigenvalue weighted by molar-refractivity contribution is 0.604. The molecule has 0 saturated heterocycles. The molecule has 0 amide bonds. The zero-order chi connectivity index (χ0) is 11.5. The van der Waals surface area contributed by atoms with Crippen molar-refractivity contribution in [3.63, 3.8) is 0 Å². The Morgan fingerprint density at radius 3 is 2.53 bits per heavy atom. The Morgan fingerprint density at radius 2 is 2.07 bits per heavy atom. The van der Waals surface area contributed by atoms with Gasteiger partial charge >= 0.3 is 0 Å². The first-order chi connectivity index (χ1) is 6.93. The minimum Gasteiger partial charge on any atom is -0.316 e. The number of likely N-dealkylation sites (N-methyl/N-ethyl adjacent to an activating group) is 1. The monoisotopic (exact) mass is 223 g/mol. The van der Waals surface area contributed by atoms with Crippen molar-refractivity contribution in [3.05, 3.63) is 27.5 Å². The third-order valence-corrected chi connectivity index (χ3v) is 3.67. The molecule has 0 fully saturated rings. The Balaban J connectivity index is 2.81. The fraction of sp³-hybridized carbons (Fsp3) is 0.538. The van der Waals surface area contributed by atoms with Crippen LogP contribution >= 0.6 is 11.3 Å². The topological polar surface area (TPSA) is 12.0 Å². The third kappa shape index (κ3) is 3.80. The van der Waals surface area contributed by atoms with Crippen LogP contribution in [0.2, 0.25) is 0 Å². The number of hydrogen-bond acceptors (Lipinski definition) is 2. The summed E-state index contributed by atoms with van der Waals surface area (Å²) >= 11 is 1.89. The smallest absolute Gasteiger partial charge is 0.0273 e. The fourth-order valence-corrected chi connectivity index (χ4v) is 2.50. The average molecular weight is 223 g/mol. The standard InChI is InChI=1S/C13H21NS/c1-10(9-14-5)8-11-6-7-12(15-11)13(2,3)4/h6-8,14H,9H2,1-5H3/b10-8+. The molecule has 0 aliphatic rings. The van der Waals surface area contributed by atoms with Gasteiger partial charge < -0.3 is 5.32 Å². The minimum atomic E-state index is 0.271. The van der Waals surface area contributed by atoms with Crippen molar-refractivity contribution in [2.75, 3.05) is 13.6 Å². The van der Waals surface area contributed by atoms with Crippen molar-refractivity contribution >= 4 is 17.4 Å². The minimum absolute atomic E-state index is 0.271. The van der Waals surface area contributed by atoms with Crippen LogP contribution in [0.25, 0.3) is 6.08 Å². The van der Waals surface area contributed by atoms with Crippen molar-refractivity contribution in [2.24, 2.45) is 0 Å². The van der Waals surface area contributed by atoms with Crippen LogP contribution in [-0.4, -0.2) is 13.6 Å². The van der Waals surface area contributed by atoms with Gasteiger partial charge in [0.1, 0.15) is 0 Å². The third-order valence-electron chi connectivity index (χ3n) is 2.21. The normalized spacial score (nSPS) is 13.3. The first kappa shape index (κ1) is 12.5. The molecule has 0 aliphatic carbocycles. The molecule has 0 aromatic carbocycles. The second-order valence-electron chi connectivity index (χ2n) is 4.97. The van der Waals surface area contributed by atoms with E-state index in [0.29, 0.717) is 0 Å². The molecular weight excluding hydrogens is 202 g/mol. The maximum absolute atomic E-state index is 3.16. The second-order valence-corrected chi connectivity index (χ2v) is 6.09. The van der Waals surface area contributed by atoms with Gasteiger partial charge in [-0.05, 0) is 37.6 Å². The zero-order valence-electron chi connectivity index (χ0n) is 10.3. The highest BCUT2D eigenvalue weighted by molar-refractivity contribution is 7.13. The van der Waals surface area contributed by atoms with Crippen molar-refractivity contribution in [3.8, 4) is 0 Å². The maximum Gasteiger partial charge on any atom is 0.0273 e. The van der Waals surface area contributed by atoms with E-state index in [0.717, 1.165) is 6.54 Å². The van der Waals surface area contributed by atoms with E-state index in [1.165, 1.54) is 15.3 Å². The van der Waals surface area contributed by atoms with Gasteiger partial charge in [-0.2, -0.15) is 0 Å². The number of nitrogens with one attached hydrogen (secondary N) is 1. The van der Waals surface area contributed by atoms with Crippen LogP contribution in [0, 0.1) is 0 Å². The van der Waals surface area contributed by atoms with E-state index in [4.69, 9.17) is 0 Å². The zero-order valence-corrected chi connectivity index (χ0v) is 11.2. The van der Waals surface area contributed by atoms with Crippen molar-refractivity contribution in [1.29, 1.82) is 0 Å². The summed E-state index contributed by atoms with van der Waals surface area (Å²) in [6.07, 6.45) is 2.26. The van der Waals surface area contributed by atoms with E-state index in [1.807, 2.05) is 18.4 Å². The molecule has 0 aliphatic heterocycles. The fourth-order valence-electron chi connectivity index (χ4n) is 1.41. The number of hydrogen-bond donors (Lipinski definition) is 1. The number of rotatable bonds is 3. The summed E-state index contributed by atoms with van der Waals surface area (Å²) in [5, 5.41) is 3.16. The highest BCUT2D eigenvalue weighted by Crippen LogP contribution is 2.30. The molecule has 0 radical (unpaired) electrons. The van der Waals surface area contributed by atoms with E-state index >= 15 is 0 Å². The highest BCUT2D eigenvalue weighted by atomic mass is 32.1. The quantitative estimate of drug-likeness (QED) is 0.824. The Labute approximate surface area is 97.2 Å². The predicted octanol–water partition coefficient (Wildman–Crippen LogP) is 3.67. The molecule has 0 saturated carbocycles. The summed E-state index contributed by atoms with van der Waals surface area (Å²) in [5.41, 5.74) is 1.65. The Morgan fingerprint density at radius 1 is 1.40 bits per heavy atom. The van der Waals surface area contributed by atoms with E-state index in [2.05, 4.69) is 51.2 Å². The molecule has 2 heteroatoms. The molecule has 0 unspecified atom stereocenters. The van der Waals surface area contributed by atoms with Gasteiger partial charge in [0.25, 0.3) is 0 Å². The Kier molecular flexibility index (Phi) is 4.12. The van der Waals surface area contributed by atoms with Crippen LogP contribution in [0.15, 0.2) is 17.7 Å². The SMILES string of the molecule is CNC/C(C)=C/c1ccc(C(C)(C)C)s1. The van der Waals surface area contributed by atoms with E-state index in [1.54, 1.807) is 0 Å². The van der Waals surface area contributed by atoms with Crippen molar-refractivity contribution in [1.82, 2.24) is 5.32 Å². The summed E-state index contributed by atoms with van der Waals surface area (Å²) in [6.45, 7) is 9.89. The summed E-state index contributed by atoms with van der Waals surface area (Å²) < 4.78 is 0. The molecule has 1 aromatic rings. The molecule has 1 rings (SSSR count). The van der Waals surface area contributed by atoms with Gasteiger partial charge in [-0.15, -0.1) is 11.3 Å². The lowest BCUT2D eigenvalue weighted by Gasteiger charge is -2.15. The molecule has 84 valence electrons. The van der Waals surface area contributed by atoms with E-state index < -0.39 is 0 Å². The molecule has 1 aromatic heterocycles. The van der Waals surface area contributed by atoms with Gasteiger partial charge in [0.15, 0.2) is 0 Å². The predicted molar refractivity (Wildman–Crippen MR) is 70.6 cm³/mol. The Hall–Kier alpha value is -0.600. The first-order valence-corrected chi connectivity index (χ1v) is 6.17. The Bertz CT molecular complexity index is 342. The molecule has 1 heterocycles. The molecule has 0 atom stereocenters. The lowest BCUT2D eigenvalue weighted by atomic mass is 9.95. The van der Waals surface area contributed by atoms with Crippen molar-refractivity contribution < 1.29 is 0 Å². The van der Waals surface area contributed by atoms with Crippen molar-refractivity contribution in [2.45, 2.75) is 33.1 Å². The van der Waals surface area contributed by atoms with E-state index in [9.17, 15) is 0 Å². The number of thiophene rings is 1. The summed E-state index contributed by atoms with van der Waals surface area (Å²) in [4.78, 5) is 2.80. The first-order valence-electron chi connectivity index (χ1n) is 5.35. The maximum atomic E-state index is 3.16. The summed E-state index contributed by atoms with van der Waals surface area (Å²) in [6, 6.07) is 4.45. The second kappa shape index (κ2) is 4.95. The van der Waals surface area contributed by atoms with Gasteiger partial charge in [-0.25, -0.2) is 0 Å². The molecule has 0 bridgehead atoms. The molecular formula is C13H21NS.